The van der Waals surface area contributed by atoms with Gasteiger partial charge in [0, 0.05) is 5.69 Å². The minimum absolute atomic E-state index is 0.313. The number of fused-ring (bicyclic) bond motifs is 1. The van der Waals surface area contributed by atoms with Gasteiger partial charge in [-0.05, 0) is 42.7 Å². The van der Waals surface area contributed by atoms with Crippen molar-refractivity contribution < 1.29 is 0 Å². The third-order valence-corrected chi connectivity index (χ3v) is 4.10. The van der Waals surface area contributed by atoms with Crippen LogP contribution < -0.4 is 10.9 Å². The maximum absolute atomic E-state index is 12.3. The number of nitrogens with zero attached hydrogens (tertiary/aromatic N) is 4. The summed E-state index contributed by atoms with van der Waals surface area (Å²) in [6.07, 6.45) is 0. The Morgan fingerprint density at radius 2 is 1.81 bits per heavy atom. The van der Waals surface area contributed by atoms with Gasteiger partial charge >= 0.3 is 0 Å². The first-order chi connectivity index (χ1) is 12.6. The predicted octanol–water partition coefficient (Wildman–Crippen LogP) is 2.92. The van der Waals surface area contributed by atoms with Crippen molar-refractivity contribution in [1.82, 2.24) is 25.2 Å². The van der Waals surface area contributed by atoms with Gasteiger partial charge in [-0.25, -0.2) is 9.78 Å². The molecule has 4 rings (SSSR count). The minimum Gasteiger partial charge on any atom is -0.337 e. The first-order valence-corrected chi connectivity index (χ1v) is 8.31. The first-order valence-electron chi connectivity index (χ1n) is 8.31. The van der Waals surface area contributed by atoms with E-state index in [4.69, 9.17) is 0 Å². The van der Waals surface area contributed by atoms with Crippen LogP contribution in [0.1, 0.15) is 16.7 Å². The maximum Gasteiger partial charge on any atom is 0.292 e. The number of hydrogen-bond donors (Lipinski definition) is 2. The van der Waals surface area contributed by atoms with Gasteiger partial charge in [-0.3, -0.25) is 4.79 Å². The highest BCUT2D eigenvalue weighted by Gasteiger charge is 2.15. The normalized spacial score (nSPS) is 11.0. The van der Waals surface area contributed by atoms with Crippen molar-refractivity contribution in [3.8, 4) is 0 Å². The highest BCUT2D eigenvalue weighted by atomic mass is 16.1. The summed E-state index contributed by atoms with van der Waals surface area (Å²) >= 11 is 0. The minimum atomic E-state index is -0.313. The topological polar surface area (TPSA) is 88.5 Å². The lowest BCUT2D eigenvalue weighted by molar-refractivity contribution is 0.667. The van der Waals surface area contributed by atoms with Crippen LogP contribution >= 0.6 is 0 Å². The fourth-order valence-corrected chi connectivity index (χ4v) is 3.05. The van der Waals surface area contributed by atoms with Crippen molar-refractivity contribution in [2.45, 2.75) is 20.4 Å². The largest absolute Gasteiger partial charge is 0.337 e. The van der Waals surface area contributed by atoms with Gasteiger partial charge in [0.25, 0.3) is 5.56 Å². The Morgan fingerprint density at radius 1 is 1.08 bits per heavy atom. The number of aromatic amines is 1. The van der Waals surface area contributed by atoms with Gasteiger partial charge < -0.3 is 5.32 Å². The summed E-state index contributed by atoms with van der Waals surface area (Å²) in [5.41, 5.74) is 4.74. The van der Waals surface area contributed by atoms with Gasteiger partial charge in [0.05, 0.1) is 6.54 Å². The summed E-state index contributed by atoms with van der Waals surface area (Å²) in [6.45, 7) is 4.53. The second kappa shape index (κ2) is 6.44. The Morgan fingerprint density at radius 3 is 2.54 bits per heavy atom. The quantitative estimate of drug-likeness (QED) is 0.593. The fraction of sp³-hybridized carbons (Fsp3) is 0.158. The zero-order chi connectivity index (χ0) is 18.1. The van der Waals surface area contributed by atoms with Crippen LogP contribution in [0.15, 0.2) is 53.3 Å². The highest BCUT2D eigenvalue weighted by molar-refractivity contribution is 5.86. The lowest BCUT2D eigenvalue weighted by Gasteiger charge is -2.08. The predicted molar refractivity (Wildman–Crippen MR) is 101 cm³/mol. The van der Waals surface area contributed by atoms with Crippen molar-refractivity contribution in [3.63, 3.8) is 0 Å². The molecule has 0 aliphatic heterocycles. The summed E-state index contributed by atoms with van der Waals surface area (Å²) in [7, 11) is 0. The molecule has 7 heteroatoms. The Balaban J connectivity index is 1.75. The molecular formula is C19H18N6O. The molecule has 0 bridgehead atoms. The van der Waals surface area contributed by atoms with E-state index in [0.29, 0.717) is 23.4 Å². The number of aryl methyl sites for hydroxylation is 2. The Labute approximate surface area is 149 Å². The molecule has 0 unspecified atom stereocenters. The van der Waals surface area contributed by atoms with Crippen molar-refractivity contribution in [1.29, 1.82) is 0 Å². The molecule has 0 saturated carbocycles. The molecule has 0 aliphatic carbocycles. The number of hydrogen-bond acceptors (Lipinski definition) is 5. The fourth-order valence-electron chi connectivity index (χ4n) is 3.05. The van der Waals surface area contributed by atoms with Crippen LogP contribution in [0.25, 0.3) is 11.0 Å². The van der Waals surface area contributed by atoms with Crippen LogP contribution in [0.3, 0.4) is 0 Å². The van der Waals surface area contributed by atoms with Gasteiger partial charge in [0.2, 0.25) is 0 Å². The second-order valence-electron chi connectivity index (χ2n) is 6.33. The van der Waals surface area contributed by atoms with Gasteiger partial charge in [-0.15, -0.1) is 5.10 Å². The Bertz CT molecular complexity index is 1110. The van der Waals surface area contributed by atoms with Crippen LogP contribution in [0.5, 0.6) is 0 Å². The zero-order valence-corrected chi connectivity index (χ0v) is 14.5. The lowest BCUT2D eigenvalue weighted by atomic mass is 10.1. The summed E-state index contributed by atoms with van der Waals surface area (Å²) < 4.78 is 1.60. The molecule has 0 fully saturated rings. The molecule has 2 aromatic heterocycles. The summed E-state index contributed by atoms with van der Waals surface area (Å²) in [4.78, 5) is 12.3. The van der Waals surface area contributed by atoms with E-state index in [1.54, 1.807) is 4.68 Å². The molecule has 0 aliphatic rings. The monoisotopic (exact) mass is 346 g/mol. The summed E-state index contributed by atoms with van der Waals surface area (Å²) in [5.74, 6) is 0.476. The van der Waals surface area contributed by atoms with Crippen molar-refractivity contribution >= 4 is 22.5 Å². The van der Waals surface area contributed by atoms with E-state index in [1.165, 1.54) is 0 Å². The lowest BCUT2D eigenvalue weighted by Crippen LogP contribution is -2.15. The van der Waals surface area contributed by atoms with E-state index < -0.39 is 0 Å². The molecular weight excluding hydrogens is 328 g/mol. The standard InChI is InChI=1S/C19H18N6O/c1-12-8-13(2)10-15(9-12)20-18-16-17(19(26)23-22-18)25(24-21-16)11-14-6-4-3-5-7-14/h3-10H,11H2,1-2H3,(H,20,22)(H,23,26). The van der Waals surface area contributed by atoms with Gasteiger partial charge in [-0.2, -0.15) is 5.10 Å². The maximum atomic E-state index is 12.3. The van der Waals surface area contributed by atoms with Crippen LogP contribution in [0, 0.1) is 13.8 Å². The number of aromatic nitrogens is 5. The number of benzene rings is 2. The molecule has 4 aromatic rings. The third kappa shape index (κ3) is 3.06. The van der Waals surface area contributed by atoms with Crippen LogP contribution in [0.2, 0.25) is 0 Å². The summed E-state index contributed by atoms with van der Waals surface area (Å²) in [5, 5.41) is 18.2. The first kappa shape index (κ1) is 16.0. The molecule has 2 N–H and O–H groups in total. The van der Waals surface area contributed by atoms with Gasteiger partial charge in [-0.1, -0.05) is 41.6 Å². The van der Waals surface area contributed by atoms with E-state index >= 15 is 0 Å². The SMILES string of the molecule is Cc1cc(C)cc(Nc2n[nH]c(=O)c3c2nnn3Cc2ccccc2)c1. The zero-order valence-electron chi connectivity index (χ0n) is 14.5. The molecule has 0 atom stereocenters. The number of rotatable bonds is 4. The van der Waals surface area contributed by atoms with E-state index in [2.05, 4.69) is 31.9 Å². The molecule has 0 amide bonds. The molecule has 2 heterocycles. The number of H-pyrrole nitrogens is 1. The second-order valence-corrected chi connectivity index (χ2v) is 6.33. The van der Waals surface area contributed by atoms with Crippen LogP contribution in [-0.4, -0.2) is 25.2 Å². The van der Waals surface area contributed by atoms with Crippen molar-refractivity contribution in [3.05, 3.63) is 75.6 Å². The smallest absolute Gasteiger partial charge is 0.292 e. The van der Waals surface area contributed by atoms with Crippen molar-refractivity contribution in [2.24, 2.45) is 0 Å². The molecule has 0 spiro atoms. The molecule has 0 saturated heterocycles. The average molecular weight is 346 g/mol. The van der Waals surface area contributed by atoms with E-state index in [1.807, 2.05) is 56.3 Å². The van der Waals surface area contributed by atoms with E-state index in [-0.39, 0.29) is 5.56 Å². The molecule has 7 nitrogen and oxygen atoms in total. The molecule has 2 aromatic carbocycles. The Hall–Kier alpha value is -3.48. The molecule has 130 valence electrons. The third-order valence-electron chi connectivity index (χ3n) is 4.10. The number of nitrogens with one attached hydrogen (secondary N) is 2. The number of anilines is 2. The van der Waals surface area contributed by atoms with E-state index in [9.17, 15) is 4.79 Å². The highest BCUT2D eigenvalue weighted by Crippen LogP contribution is 2.22. The van der Waals surface area contributed by atoms with Gasteiger partial charge in [0.15, 0.2) is 16.9 Å². The van der Waals surface area contributed by atoms with E-state index in [0.717, 1.165) is 22.4 Å². The van der Waals surface area contributed by atoms with Crippen LogP contribution in [-0.2, 0) is 6.54 Å². The molecule has 0 radical (unpaired) electrons. The van der Waals surface area contributed by atoms with Crippen molar-refractivity contribution in [2.75, 3.05) is 5.32 Å². The van der Waals surface area contributed by atoms with Gasteiger partial charge in [0.1, 0.15) is 0 Å². The Kier molecular flexibility index (Phi) is 3.96. The van der Waals surface area contributed by atoms with Crippen LogP contribution in [0.4, 0.5) is 11.5 Å². The summed E-state index contributed by atoms with van der Waals surface area (Å²) in [6, 6.07) is 15.9. The molecule has 26 heavy (non-hydrogen) atoms. The average Bonchev–Trinajstić information content (AvgIpc) is 3.02.